The van der Waals surface area contributed by atoms with Gasteiger partial charge < -0.3 is 15.1 Å². The zero-order valence-electron chi connectivity index (χ0n) is 16.2. The van der Waals surface area contributed by atoms with Gasteiger partial charge in [0.1, 0.15) is 0 Å². The normalized spacial score (nSPS) is 18.6. The third-order valence-corrected chi connectivity index (χ3v) is 5.43. The molecule has 0 radical (unpaired) electrons. The number of likely N-dealkylation sites (N-methyl/N-ethyl adjacent to an activating group) is 1. The molecule has 1 N–H and O–H groups in total. The van der Waals surface area contributed by atoms with Crippen LogP contribution in [0.3, 0.4) is 0 Å². The van der Waals surface area contributed by atoms with E-state index in [2.05, 4.69) is 10.2 Å². The Morgan fingerprint density at radius 1 is 1.00 bits per heavy atom. The van der Waals surface area contributed by atoms with E-state index in [0.29, 0.717) is 24.8 Å². The van der Waals surface area contributed by atoms with Crippen LogP contribution < -0.4 is 5.32 Å². The molecule has 0 aliphatic carbocycles. The lowest BCUT2D eigenvalue weighted by molar-refractivity contribution is -0.135. The predicted octanol–water partition coefficient (Wildman–Crippen LogP) is 1.62. The van der Waals surface area contributed by atoms with Gasteiger partial charge in [0.25, 0.3) is 0 Å². The van der Waals surface area contributed by atoms with Gasteiger partial charge in [-0.1, -0.05) is 0 Å². The number of hydrogen-bond donors (Lipinski definition) is 1. The second kappa shape index (κ2) is 13.6. The molecule has 2 rings (SSSR count). The van der Waals surface area contributed by atoms with Gasteiger partial charge in [0.05, 0.1) is 6.54 Å². The minimum absolute atomic E-state index is 0. The van der Waals surface area contributed by atoms with Gasteiger partial charge in [-0.2, -0.15) is 0 Å². The number of hydrogen-bond acceptors (Lipinski definition) is 4. The molecule has 2 amide bonds. The quantitative estimate of drug-likeness (QED) is 0.692. The average Bonchev–Trinajstić information content (AvgIpc) is 2.62. The van der Waals surface area contributed by atoms with Crippen molar-refractivity contribution in [2.24, 2.45) is 5.92 Å². The number of piperidine rings is 1. The molecule has 2 saturated heterocycles. The molecule has 2 heterocycles. The van der Waals surface area contributed by atoms with Crippen molar-refractivity contribution in [3.05, 3.63) is 0 Å². The number of carbonyl (C=O) groups is 2. The molecule has 0 bridgehead atoms. The van der Waals surface area contributed by atoms with Crippen LogP contribution in [-0.4, -0.2) is 85.4 Å². The fraction of sp³-hybridized carbons (Fsp3) is 0.889. The van der Waals surface area contributed by atoms with E-state index in [1.54, 1.807) is 0 Å². The van der Waals surface area contributed by atoms with Gasteiger partial charge in [0.15, 0.2) is 0 Å². The number of piperazine rings is 1. The van der Waals surface area contributed by atoms with Gasteiger partial charge in [-0.25, -0.2) is 0 Å². The van der Waals surface area contributed by atoms with E-state index < -0.39 is 0 Å². The van der Waals surface area contributed by atoms with Gasteiger partial charge in [-0.05, 0) is 52.1 Å². The first-order chi connectivity index (χ1) is 11.6. The minimum Gasteiger partial charge on any atom is -0.342 e. The van der Waals surface area contributed by atoms with Crippen molar-refractivity contribution in [1.29, 1.82) is 0 Å². The van der Waals surface area contributed by atoms with E-state index >= 15 is 0 Å². The first kappa shape index (κ1) is 25.4. The van der Waals surface area contributed by atoms with Crippen molar-refractivity contribution in [2.45, 2.75) is 39.5 Å². The van der Waals surface area contributed by atoms with Gasteiger partial charge in [0.2, 0.25) is 11.8 Å². The van der Waals surface area contributed by atoms with Crippen molar-refractivity contribution >= 4 is 36.6 Å². The second-order valence-corrected chi connectivity index (χ2v) is 6.96. The predicted molar refractivity (Wildman–Crippen MR) is 110 cm³/mol. The molecule has 2 fully saturated rings. The Morgan fingerprint density at radius 2 is 1.58 bits per heavy atom. The smallest absolute Gasteiger partial charge is 0.236 e. The number of rotatable bonds is 7. The zero-order chi connectivity index (χ0) is 17.4. The largest absolute Gasteiger partial charge is 0.342 e. The van der Waals surface area contributed by atoms with Crippen LogP contribution in [0.1, 0.15) is 39.5 Å². The van der Waals surface area contributed by atoms with Gasteiger partial charge in [0, 0.05) is 45.7 Å². The lowest BCUT2D eigenvalue weighted by Crippen LogP contribution is -2.51. The molecule has 0 aromatic rings. The van der Waals surface area contributed by atoms with Crippen LogP contribution in [0.15, 0.2) is 0 Å². The summed E-state index contributed by atoms with van der Waals surface area (Å²) in [5, 5.41) is 3.37. The number of amides is 2. The fourth-order valence-electron chi connectivity index (χ4n) is 3.68. The van der Waals surface area contributed by atoms with Gasteiger partial charge in [-0.3, -0.25) is 14.5 Å². The summed E-state index contributed by atoms with van der Waals surface area (Å²) in [6, 6.07) is 0. The molecule has 2 aliphatic rings. The third kappa shape index (κ3) is 7.99. The summed E-state index contributed by atoms with van der Waals surface area (Å²) in [4.78, 5) is 30.6. The van der Waals surface area contributed by atoms with Crippen molar-refractivity contribution in [2.75, 3.05) is 58.9 Å². The fourth-order valence-corrected chi connectivity index (χ4v) is 3.68. The highest BCUT2D eigenvalue weighted by Crippen LogP contribution is 2.18. The molecule has 2 aliphatic heterocycles. The first-order valence-electron chi connectivity index (χ1n) is 9.62. The Kier molecular flexibility index (Phi) is 13.3. The van der Waals surface area contributed by atoms with E-state index in [0.717, 1.165) is 58.8 Å². The van der Waals surface area contributed by atoms with E-state index in [4.69, 9.17) is 0 Å². The molecule has 0 aromatic heterocycles. The maximum absolute atomic E-state index is 12.4. The Labute approximate surface area is 170 Å². The van der Waals surface area contributed by atoms with Crippen LogP contribution in [0.2, 0.25) is 0 Å². The lowest BCUT2D eigenvalue weighted by atomic mass is 9.93. The highest BCUT2D eigenvalue weighted by molar-refractivity contribution is 5.85. The highest BCUT2D eigenvalue weighted by atomic mass is 35.5. The topological polar surface area (TPSA) is 55.9 Å². The molecule has 0 saturated carbocycles. The Balaban J connectivity index is 0.00000312. The van der Waals surface area contributed by atoms with E-state index in [-0.39, 0.29) is 30.7 Å². The maximum atomic E-state index is 12.4. The van der Waals surface area contributed by atoms with Crippen molar-refractivity contribution in [3.8, 4) is 0 Å². The molecule has 0 spiro atoms. The summed E-state index contributed by atoms with van der Waals surface area (Å²) >= 11 is 0. The van der Waals surface area contributed by atoms with Crippen LogP contribution in [0.5, 0.6) is 0 Å². The SMILES string of the molecule is CCN(CC)C(=O)CN1CCN(C(=O)CCC2CCNCC2)CC1.Cl.Cl. The Hall–Kier alpha value is -0.560. The average molecular weight is 411 g/mol. The summed E-state index contributed by atoms with van der Waals surface area (Å²) in [6.45, 7) is 11.4. The van der Waals surface area contributed by atoms with Crippen molar-refractivity contribution in [3.63, 3.8) is 0 Å². The van der Waals surface area contributed by atoms with Crippen molar-refractivity contribution < 1.29 is 9.59 Å². The summed E-state index contributed by atoms with van der Waals surface area (Å²) in [5.41, 5.74) is 0. The summed E-state index contributed by atoms with van der Waals surface area (Å²) < 4.78 is 0. The number of carbonyl (C=O) groups excluding carboxylic acids is 2. The molecular weight excluding hydrogens is 375 g/mol. The minimum atomic E-state index is 0. The first-order valence-corrected chi connectivity index (χ1v) is 9.62. The number of nitrogens with one attached hydrogen (secondary N) is 1. The van der Waals surface area contributed by atoms with Crippen LogP contribution >= 0.6 is 24.8 Å². The Bertz CT molecular complexity index is 408. The molecule has 0 aromatic carbocycles. The van der Waals surface area contributed by atoms with Gasteiger partial charge in [-0.15, -0.1) is 24.8 Å². The lowest BCUT2D eigenvalue weighted by Gasteiger charge is -2.35. The maximum Gasteiger partial charge on any atom is 0.236 e. The van der Waals surface area contributed by atoms with Gasteiger partial charge >= 0.3 is 0 Å². The van der Waals surface area contributed by atoms with Crippen LogP contribution in [-0.2, 0) is 9.59 Å². The highest BCUT2D eigenvalue weighted by Gasteiger charge is 2.24. The Morgan fingerprint density at radius 3 is 2.12 bits per heavy atom. The number of nitrogens with zero attached hydrogens (tertiary/aromatic N) is 3. The monoisotopic (exact) mass is 410 g/mol. The molecular formula is C18H36Cl2N4O2. The van der Waals surface area contributed by atoms with Crippen LogP contribution in [0.4, 0.5) is 0 Å². The molecule has 0 unspecified atom stereocenters. The van der Waals surface area contributed by atoms with Crippen LogP contribution in [0, 0.1) is 5.92 Å². The summed E-state index contributed by atoms with van der Waals surface area (Å²) in [7, 11) is 0. The molecule has 26 heavy (non-hydrogen) atoms. The number of halogens is 2. The van der Waals surface area contributed by atoms with Crippen molar-refractivity contribution in [1.82, 2.24) is 20.0 Å². The molecule has 8 heteroatoms. The molecule has 0 atom stereocenters. The molecule has 154 valence electrons. The van der Waals surface area contributed by atoms with E-state index in [9.17, 15) is 9.59 Å². The van der Waals surface area contributed by atoms with E-state index in [1.807, 2.05) is 23.6 Å². The van der Waals surface area contributed by atoms with E-state index in [1.165, 1.54) is 12.8 Å². The summed E-state index contributed by atoms with van der Waals surface area (Å²) in [6.07, 6.45) is 4.12. The summed E-state index contributed by atoms with van der Waals surface area (Å²) in [5.74, 6) is 1.21. The third-order valence-electron chi connectivity index (χ3n) is 5.43. The molecule has 6 nitrogen and oxygen atoms in total. The zero-order valence-corrected chi connectivity index (χ0v) is 17.9. The standard InChI is InChI=1S/C18H34N4O2.2ClH/c1-3-21(4-2)18(24)15-20-11-13-22(14-12-20)17(23)6-5-16-7-9-19-10-8-16;;/h16,19H,3-15H2,1-2H3;2*1H. The second-order valence-electron chi connectivity index (χ2n) is 6.96. The van der Waals surface area contributed by atoms with Crippen LogP contribution in [0.25, 0.3) is 0 Å².